The molecule has 4 heteroatoms. The van der Waals surface area contributed by atoms with Gasteiger partial charge in [0, 0.05) is 10.0 Å². The van der Waals surface area contributed by atoms with Crippen molar-refractivity contribution in [1.82, 2.24) is 0 Å². The van der Waals surface area contributed by atoms with Crippen molar-refractivity contribution in [3.05, 3.63) is 62.5 Å². The van der Waals surface area contributed by atoms with Crippen LogP contribution < -0.4 is 4.74 Å². The Morgan fingerprint density at radius 3 is 2.38 bits per heavy atom. The van der Waals surface area contributed by atoms with E-state index in [1.165, 1.54) is 5.56 Å². The number of hydrogen-bond acceptors (Lipinski definition) is 2. The van der Waals surface area contributed by atoms with Crippen molar-refractivity contribution in [2.75, 3.05) is 0 Å². The summed E-state index contributed by atoms with van der Waals surface area (Å²) in [5, 5.41) is 0. The van der Waals surface area contributed by atoms with E-state index in [0.717, 1.165) is 15.4 Å². The topological polar surface area (TPSA) is 26.3 Å². The highest BCUT2D eigenvalue weighted by molar-refractivity contribution is 9.11. The number of rotatable bonds is 5. The molecule has 0 saturated heterocycles. The molecule has 0 fully saturated rings. The number of carbonyl (C=O) groups excluding carboxylic acids is 1. The molecule has 0 radical (unpaired) electrons. The highest BCUT2D eigenvalue weighted by Gasteiger charge is 2.18. The largest absolute Gasteiger partial charge is 0.481 e. The molecule has 2 rings (SSSR count). The molecule has 0 bridgehead atoms. The predicted octanol–water partition coefficient (Wildman–Crippen LogP) is 5.42. The highest BCUT2D eigenvalue weighted by Crippen LogP contribution is 2.29. The molecule has 110 valence electrons. The van der Waals surface area contributed by atoms with Gasteiger partial charge in [-0.2, -0.15) is 0 Å². The lowest BCUT2D eigenvalue weighted by atomic mass is 10.0. The van der Waals surface area contributed by atoms with Crippen LogP contribution in [0.4, 0.5) is 0 Å². The minimum Gasteiger partial charge on any atom is -0.481 e. The average molecular weight is 412 g/mol. The second-order valence-corrected chi connectivity index (χ2v) is 6.52. The van der Waals surface area contributed by atoms with Crippen molar-refractivity contribution in [2.24, 2.45) is 0 Å². The fourth-order valence-corrected chi connectivity index (χ4v) is 3.09. The second kappa shape index (κ2) is 7.23. The van der Waals surface area contributed by atoms with Crippen molar-refractivity contribution in [2.45, 2.75) is 26.4 Å². The van der Waals surface area contributed by atoms with E-state index in [1.807, 2.05) is 42.5 Å². The van der Waals surface area contributed by atoms with Gasteiger partial charge in [-0.3, -0.25) is 4.79 Å². The molecule has 0 aliphatic rings. The van der Waals surface area contributed by atoms with Crippen molar-refractivity contribution in [3.63, 3.8) is 0 Å². The molecule has 0 N–H and O–H groups in total. The number of ketones is 1. The number of Topliss-reactive ketones (excluding diaryl/α,β-unsaturated/α-hetero) is 1. The minimum absolute atomic E-state index is 0.0209. The van der Waals surface area contributed by atoms with E-state index in [4.69, 9.17) is 4.74 Å². The highest BCUT2D eigenvalue weighted by atomic mass is 79.9. The van der Waals surface area contributed by atoms with Crippen LogP contribution in [0, 0.1) is 0 Å². The summed E-state index contributed by atoms with van der Waals surface area (Å²) in [5.41, 5.74) is 1.89. The van der Waals surface area contributed by atoms with Gasteiger partial charge in [0.15, 0.2) is 6.10 Å². The normalized spacial score (nSPS) is 12.0. The second-order valence-electron chi connectivity index (χ2n) is 4.75. The van der Waals surface area contributed by atoms with E-state index < -0.39 is 6.10 Å². The van der Waals surface area contributed by atoms with Gasteiger partial charge in [-0.15, -0.1) is 0 Å². The van der Waals surface area contributed by atoms with Gasteiger partial charge in [0.1, 0.15) is 5.75 Å². The Hall–Kier alpha value is -1.13. The number of ether oxygens (including phenoxy) is 1. The first-order valence-corrected chi connectivity index (χ1v) is 8.34. The summed E-state index contributed by atoms with van der Waals surface area (Å²) in [5.74, 6) is 0.636. The monoisotopic (exact) mass is 410 g/mol. The molecular weight excluding hydrogens is 396 g/mol. The van der Waals surface area contributed by atoms with Crippen LogP contribution in [-0.2, 0) is 6.42 Å². The summed E-state index contributed by atoms with van der Waals surface area (Å²) in [6.07, 6.45) is 0.432. The van der Waals surface area contributed by atoms with Gasteiger partial charge in [-0.25, -0.2) is 0 Å². The maximum Gasteiger partial charge on any atom is 0.202 e. The lowest BCUT2D eigenvalue weighted by Crippen LogP contribution is -2.24. The summed E-state index contributed by atoms with van der Waals surface area (Å²) < 4.78 is 7.53. The van der Waals surface area contributed by atoms with Gasteiger partial charge < -0.3 is 4.74 Å². The standard InChI is InChI=1S/C17H16Br2O2/c1-3-12-4-6-13(7-5-12)17(20)11(2)21-16-9-8-14(18)10-15(16)19/h4-11H,3H2,1-2H3. The molecule has 0 spiro atoms. The lowest BCUT2D eigenvalue weighted by molar-refractivity contribution is 0.0817. The van der Waals surface area contributed by atoms with Crippen LogP contribution in [0.1, 0.15) is 29.8 Å². The first-order chi connectivity index (χ1) is 10.0. The summed E-state index contributed by atoms with van der Waals surface area (Å²) >= 11 is 6.82. The van der Waals surface area contributed by atoms with Gasteiger partial charge in [0.2, 0.25) is 5.78 Å². The van der Waals surface area contributed by atoms with Gasteiger partial charge in [-0.05, 0) is 53.0 Å². The van der Waals surface area contributed by atoms with Crippen LogP contribution >= 0.6 is 31.9 Å². The molecule has 21 heavy (non-hydrogen) atoms. The maximum absolute atomic E-state index is 12.4. The fourth-order valence-electron chi connectivity index (χ4n) is 1.95. The van der Waals surface area contributed by atoms with E-state index in [-0.39, 0.29) is 5.78 Å². The van der Waals surface area contributed by atoms with Crippen molar-refractivity contribution in [3.8, 4) is 5.75 Å². The molecule has 2 aromatic carbocycles. The summed E-state index contributed by atoms with van der Waals surface area (Å²) in [4.78, 5) is 12.4. The summed E-state index contributed by atoms with van der Waals surface area (Å²) in [7, 11) is 0. The van der Waals surface area contributed by atoms with Crippen LogP contribution in [0.25, 0.3) is 0 Å². The van der Waals surface area contributed by atoms with E-state index in [1.54, 1.807) is 6.92 Å². The van der Waals surface area contributed by atoms with Gasteiger partial charge in [0.05, 0.1) is 4.47 Å². The van der Waals surface area contributed by atoms with Crippen LogP contribution in [0.3, 0.4) is 0 Å². The zero-order valence-electron chi connectivity index (χ0n) is 11.9. The zero-order valence-corrected chi connectivity index (χ0v) is 15.1. The number of aryl methyl sites for hydroxylation is 1. The van der Waals surface area contributed by atoms with E-state index in [2.05, 4.69) is 38.8 Å². The third kappa shape index (κ3) is 4.17. The first kappa shape index (κ1) is 16.2. The number of halogens is 2. The number of hydrogen-bond donors (Lipinski definition) is 0. The smallest absolute Gasteiger partial charge is 0.202 e. The molecule has 1 unspecified atom stereocenters. The molecule has 1 atom stereocenters. The van der Waals surface area contributed by atoms with Crippen LogP contribution in [0.2, 0.25) is 0 Å². The SMILES string of the molecule is CCc1ccc(C(=O)C(C)Oc2ccc(Br)cc2Br)cc1. The average Bonchev–Trinajstić information content (AvgIpc) is 2.49. The van der Waals surface area contributed by atoms with Crippen molar-refractivity contribution in [1.29, 1.82) is 0 Å². The number of benzene rings is 2. The minimum atomic E-state index is -0.532. The fraction of sp³-hybridized carbons (Fsp3) is 0.235. The third-order valence-electron chi connectivity index (χ3n) is 3.21. The summed E-state index contributed by atoms with van der Waals surface area (Å²) in [6, 6.07) is 13.3. The molecular formula is C17H16Br2O2. The Kier molecular flexibility index (Phi) is 5.59. The Bertz CT molecular complexity index is 636. The Labute approximate surface area is 141 Å². The van der Waals surface area contributed by atoms with E-state index >= 15 is 0 Å². The molecule has 0 heterocycles. The van der Waals surface area contributed by atoms with E-state index in [0.29, 0.717) is 11.3 Å². The molecule has 2 aromatic rings. The predicted molar refractivity (Wildman–Crippen MR) is 92.1 cm³/mol. The van der Waals surface area contributed by atoms with Crippen LogP contribution in [0.15, 0.2) is 51.4 Å². The number of carbonyl (C=O) groups is 1. The molecule has 0 saturated carbocycles. The van der Waals surface area contributed by atoms with Crippen LogP contribution in [0.5, 0.6) is 5.75 Å². The van der Waals surface area contributed by atoms with Crippen molar-refractivity contribution < 1.29 is 9.53 Å². The molecule has 0 aromatic heterocycles. The molecule has 0 amide bonds. The van der Waals surface area contributed by atoms with Crippen molar-refractivity contribution >= 4 is 37.6 Å². The Morgan fingerprint density at radius 2 is 1.81 bits per heavy atom. The first-order valence-electron chi connectivity index (χ1n) is 6.76. The molecule has 2 nitrogen and oxygen atoms in total. The summed E-state index contributed by atoms with van der Waals surface area (Å²) in [6.45, 7) is 3.86. The van der Waals surface area contributed by atoms with Gasteiger partial charge in [0.25, 0.3) is 0 Å². The van der Waals surface area contributed by atoms with Gasteiger partial charge in [-0.1, -0.05) is 47.1 Å². The van der Waals surface area contributed by atoms with Crippen LogP contribution in [-0.4, -0.2) is 11.9 Å². The third-order valence-corrected chi connectivity index (χ3v) is 4.33. The quantitative estimate of drug-likeness (QED) is 0.613. The zero-order chi connectivity index (χ0) is 15.4. The Balaban J connectivity index is 2.11. The molecule has 0 aliphatic carbocycles. The van der Waals surface area contributed by atoms with Gasteiger partial charge >= 0.3 is 0 Å². The molecule has 0 aliphatic heterocycles. The van der Waals surface area contributed by atoms with E-state index in [9.17, 15) is 4.79 Å². The maximum atomic E-state index is 12.4. The Morgan fingerprint density at radius 1 is 1.14 bits per heavy atom. The lowest BCUT2D eigenvalue weighted by Gasteiger charge is -2.15.